The molecule has 2 heterocycles. The van der Waals surface area contributed by atoms with Crippen molar-refractivity contribution in [2.45, 2.75) is 20.4 Å². The van der Waals surface area contributed by atoms with E-state index in [1.165, 1.54) is 0 Å². The molecule has 0 saturated carbocycles. The van der Waals surface area contributed by atoms with Gasteiger partial charge < -0.3 is 20.1 Å². The number of para-hydroxylation sites is 1. The predicted octanol–water partition coefficient (Wildman–Crippen LogP) is 4.18. The molecule has 3 aromatic rings. The molecule has 0 atom stereocenters. The molecule has 26 heavy (non-hydrogen) atoms. The summed E-state index contributed by atoms with van der Waals surface area (Å²) < 4.78 is 10.8. The van der Waals surface area contributed by atoms with E-state index < -0.39 is 0 Å². The number of rotatable bonds is 5. The summed E-state index contributed by atoms with van der Waals surface area (Å²) in [7, 11) is 0. The Kier molecular flexibility index (Phi) is 4.31. The Morgan fingerprint density at radius 3 is 2.69 bits per heavy atom. The highest BCUT2D eigenvalue weighted by Crippen LogP contribution is 2.32. The zero-order valence-corrected chi connectivity index (χ0v) is 14.7. The van der Waals surface area contributed by atoms with Gasteiger partial charge in [-0.1, -0.05) is 24.3 Å². The first-order valence-corrected chi connectivity index (χ1v) is 8.48. The molecule has 4 rings (SSSR count). The summed E-state index contributed by atoms with van der Waals surface area (Å²) in [5, 5.41) is 6.63. The Balaban J connectivity index is 1.48. The fourth-order valence-electron chi connectivity index (χ4n) is 2.79. The van der Waals surface area contributed by atoms with Gasteiger partial charge in [0.05, 0.1) is 0 Å². The molecule has 0 amide bonds. The van der Waals surface area contributed by atoms with Crippen LogP contribution in [0.25, 0.3) is 0 Å². The minimum absolute atomic E-state index is 0.283. The third-order valence-electron chi connectivity index (χ3n) is 4.16. The van der Waals surface area contributed by atoms with Gasteiger partial charge in [-0.3, -0.25) is 0 Å². The Labute approximate surface area is 152 Å². The summed E-state index contributed by atoms with van der Waals surface area (Å²) in [5.41, 5.74) is 4.13. The fraction of sp³-hybridized carbons (Fsp3) is 0.200. The van der Waals surface area contributed by atoms with E-state index in [9.17, 15) is 0 Å². The van der Waals surface area contributed by atoms with Crippen molar-refractivity contribution in [3.63, 3.8) is 0 Å². The van der Waals surface area contributed by atoms with Crippen LogP contribution in [0.15, 0.2) is 48.5 Å². The van der Waals surface area contributed by atoms with Crippen LogP contribution >= 0.6 is 0 Å². The van der Waals surface area contributed by atoms with E-state index in [4.69, 9.17) is 9.47 Å². The molecule has 2 aromatic carbocycles. The van der Waals surface area contributed by atoms with E-state index in [2.05, 4.69) is 33.6 Å². The average Bonchev–Trinajstić information content (AvgIpc) is 3.09. The maximum absolute atomic E-state index is 5.42. The van der Waals surface area contributed by atoms with E-state index in [1.54, 1.807) is 0 Å². The molecule has 6 nitrogen and oxygen atoms in total. The van der Waals surface area contributed by atoms with Crippen molar-refractivity contribution in [3.05, 3.63) is 65.4 Å². The highest BCUT2D eigenvalue weighted by Gasteiger charge is 2.13. The van der Waals surface area contributed by atoms with Crippen LogP contribution in [0.5, 0.6) is 11.5 Å². The molecular formula is C20H20N4O2. The monoisotopic (exact) mass is 348 g/mol. The van der Waals surface area contributed by atoms with E-state index in [1.807, 2.05) is 49.4 Å². The molecule has 6 heteroatoms. The highest BCUT2D eigenvalue weighted by atomic mass is 16.7. The lowest BCUT2D eigenvalue weighted by molar-refractivity contribution is 0.174. The molecule has 132 valence electrons. The summed E-state index contributed by atoms with van der Waals surface area (Å²) in [4.78, 5) is 9.04. The standard InChI is InChI=1S/C20H20N4O2/c1-13-5-3-4-6-16(13)23-20-22-14(2)9-19(24-20)21-11-15-7-8-17-18(10-15)26-12-25-17/h3-10H,11-12H2,1-2H3,(H2,21,22,23,24). The van der Waals surface area contributed by atoms with Crippen LogP contribution in [0.3, 0.4) is 0 Å². The summed E-state index contributed by atoms with van der Waals surface area (Å²) >= 11 is 0. The van der Waals surface area contributed by atoms with Crippen molar-refractivity contribution >= 4 is 17.5 Å². The van der Waals surface area contributed by atoms with Gasteiger partial charge in [-0.2, -0.15) is 4.98 Å². The smallest absolute Gasteiger partial charge is 0.231 e. The molecule has 0 fully saturated rings. The van der Waals surface area contributed by atoms with Crippen molar-refractivity contribution in [2.24, 2.45) is 0 Å². The molecule has 0 saturated heterocycles. The van der Waals surface area contributed by atoms with Crippen LogP contribution in [0.1, 0.15) is 16.8 Å². The van der Waals surface area contributed by atoms with Crippen molar-refractivity contribution in [2.75, 3.05) is 17.4 Å². The highest BCUT2D eigenvalue weighted by molar-refractivity contribution is 5.59. The van der Waals surface area contributed by atoms with Gasteiger partial charge in [-0.05, 0) is 43.2 Å². The minimum atomic E-state index is 0.283. The molecular weight excluding hydrogens is 328 g/mol. The summed E-state index contributed by atoms with van der Waals surface area (Å²) in [6, 6.07) is 15.9. The van der Waals surface area contributed by atoms with Crippen LogP contribution in [0.2, 0.25) is 0 Å². The number of nitrogens with zero attached hydrogens (tertiary/aromatic N) is 2. The summed E-state index contributed by atoms with van der Waals surface area (Å²) in [6.07, 6.45) is 0. The van der Waals surface area contributed by atoms with Crippen molar-refractivity contribution in [1.29, 1.82) is 0 Å². The van der Waals surface area contributed by atoms with Crippen LogP contribution in [0, 0.1) is 13.8 Å². The van der Waals surface area contributed by atoms with Gasteiger partial charge in [0.15, 0.2) is 11.5 Å². The number of hydrogen-bond acceptors (Lipinski definition) is 6. The number of ether oxygens (including phenoxy) is 2. The van der Waals surface area contributed by atoms with Crippen LogP contribution in [-0.4, -0.2) is 16.8 Å². The van der Waals surface area contributed by atoms with Crippen molar-refractivity contribution in [1.82, 2.24) is 9.97 Å². The first kappa shape index (κ1) is 16.2. The molecule has 1 aliphatic rings. The fourth-order valence-corrected chi connectivity index (χ4v) is 2.79. The number of benzene rings is 2. The topological polar surface area (TPSA) is 68.3 Å². The molecule has 0 spiro atoms. The molecule has 1 aliphatic heterocycles. The van der Waals surface area contributed by atoms with Gasteiger partial charge in [0, 0.05) is 24.0 Å². The second-order valence-corrected chi connectivity index (χ2v) is 6.20. The van der Waals surface area contributed by atoms with E-state index >= 15 is 0 Å². The number of anilines is 3. The lowest BCUT2D eigenvalue weighted by Crippen LogP contribution is -2.06. The summed E-state index contributed by atoms with van der Waals surface area (Å²) in [6.45, 7) is 4.93. The van der Waals surface area contributed by atoms with Crippen LogP contribution < -0.4 is 20.1 Å². The maximum Gasteiger partial charge on any atom is 0.231 e. The maximum atomic E-state index is 5.42. The van der Waals surface area contributed by atoms with Crippen LogP contribution in [0.4, 0.5) is 17.5 Å². The van der Waals surface area contributed by atoms with Crippen molar-refractivity contribution in [3.8, 4) is 11.5 Å². The van der Waals surface area contributed by atoms with Gasteiger partial charge in [-0.15, -0.1) is 0 Å². The van der Waals surface area contributed by atoms with E-state index in [0.29, 0.717) is 12.5 Å². The second kappa shape index (κ2) is 6.92. The average molecular weight is 348 g/mol. The second-order valence-electron chi connectivity index (χ2n) is 6.20. The quantitative estimate of drug-likeness (QED) is 0.721. The number of fused-ring (bicyclic) bond motifs is 1. The molecule has 1 aromatic heterocycles. The number of hydrogen-bond donors (Lipinski definition) is 2. The van der Waals surface area contributed by atoms with Gasteiger partial charge in [-0.25, -0.2) is 4.98 Å². The SMILES string of the molecule is Cc1cc(NCc2ccc3c(c2)OCO3)nc(Nc2ccccc2C)n1. The molecule has 0 unspecified atom stereocenters. The first-order valence-electron chi connectivity index (χ1n) is 8.48. The summed E-state index contributed by atoms with van der Waals surface area (Å²) in [5.74, 6) is 2.92. The third kappa shape index (κ3) is 3.54. The normalized spacial score (nSPS) is 12.1. The van der Waals surface area contributed by atoms with Crippen LogP contribution in [-0.2, 0) is 6.54 Å². The van der Waals surface area contributed by atoms with Gasteiger partial charge in [0.2, 0.25) is 12.7 Å². The minimum Gasteiger partial charge on any atom is -0.454 e. The zero-order chi connectivity index (χ0) is 17.9. The lowest BCUT2D eigenvalue weighted by atomic mass is 10.2. The zero-order valence-electron chi connectivity index (χ0n) is 14.7. The van der Waals surface area contributed by atoms with Gasteiger partial charge in [0.1, 0.15) is 5.82 Å². The Morgan fingerprint density at radius 1 is 0.962 bits per heavy atom. The molecule has 0 bridgehead atoms. The Hall–Kier alpha value is -3.28. The largest absolute Gasteiger partial charge is 0.454 e. The van der Waals surface area contributed by atoms with Gasteiger partial charge >= 0.3 is 0 Å². The van der Waals surface area contributed by atoms with Gasteiger partial charge in [0.25, 0.3) is 0 Å². The molecule has 0 radical (unpaired) electrons. The van der Waals surface area contributed by atoms with Crippen molar-refractivity contribution < 1.29 is 9.47 Å². The lowest BCUT2D eigenvalue weighted by Gasteiger charge is -2.11. The molecule has 0 aliphatic carbocycles. The number of aryl methyl sites for hydroxylation is 2. The van der Waals surface area contributed by atoms with E-state index in [0.717, 1.165) is 39.8 Å². The number of aromatic nitrogens is 2. The number of nitrogens with one attached hydrogen (secondary N) is 2. The first-order chi connectivity index (χ1) is 12.7. The van der Waals surface area contributed by atoms with E-state index in [-0.39, 0.29) is 6.79 Å². The molecule has 2 N–H and O–H groups in total. The predicted molar refractivity (Wildman–Crippen MR) is 101 cm³/mol. The Morgan fingerprint density at radius 2 is 1.81 bits per heavy atom. The Bertz CT molecular complexity index is 943. The third-order valence-corrected chi connectivity index (χ3v) is 4.16.